The summed E-state index contributed by atoms with van der Waals surface area (Å²) in [5, 5.41) is 12.0. The summed E-state index contributed by atoms with van der Waals surface area (Å²) in [4.78, 5) is 17.8. The molecule has 0 aliphatic heterocycles. The molecule has 2 N–H and O–H groups in total. The van der Waals surface area contributed by atoms with Crippen LogP contribution in [0.5, 0.6) is 0 Å². The van der Waals surface area contributed by atoms with Crippen LogP contribution in [0.1, 0.15) is 34.1 Å². The number of anilines is 3. The smallest absolute Gasteiger partial charge is 0.231 e. The Morgan fingerprint density at radius 2 is 1.33 bits per heavy atom. The van der Waals surface area contributed by atoms with Gasteiger partial charge in [-0.3, -0.25) is 0 Å². The van der Waals surface area contributed by atoms with Crippen LogP contribution in [0.25, 0.3) is 0 Å². The number of hydrogen-bond donors (Lipinski definition) is 2. The number of nitrogens with zero attached hydrogens (tertiary/aromatic N) is 5. The van der Waals surface area contributed by atoms with Gasteiger partial charge in [0.1, 0.15) is 0 Å². The topological polar surface area (TPSA) is 77.4 Å². The molecule has 0 saturated heterocycles. The first-order valence-corrected chi connectivity index (χ1v) is 7.80. The maximum absolute atomic E-state index is 8.87. The molecular weight excluding hydrogens is 268 g/mol. The molecule has 0 aliphatic rings. The Morgan fingerprint density at radius 1 is 0.857 bits per heavy atom. The molecule has 120 valence electrons. The van der Waals surface area contributed by atoms with Crippen LogP contribution in [-0.2, 0) is 0 Å². The number of aromatic nitrogens is 3. The summed E-state index contributed by atoms with van der Waals surface area (Å²) in [5.74, 6) is 1.97. The minimum atomic E-state index is 0.157. The van der Waals surface area contributed by atoms with E-state index in [0.717, 1.165) is 26.2 Å². The van der Waals surface area contributed by atoms with Crippen LogP contribution in [0.3, 0.4) is 0 Å². The Morgan fingerprint density at radius 3 is 1.71 bits per heavy atom. The molecular formula is C14H28N6O. The fraction of sp³-hybridized carbons (Fsp3) is 0.786. The van der Waals surface area contributed by atoms with E-state index in [4.69, 9.17) is 5.11 Å². The van der Waals surface area contributed by atoms with Crippen molar-refractivity contribution in [3.63, 3.8) is 0 Å². The Labute approximate surface area is 127 Å². The van der Waals surface area contributed by atoms with Gasteiger partial charge < -0.3 is 20.2 Å². The molecule has 0 unspecified atom stereocenters. The van der Waals surface area contributed by atoms with Crippen LogP contribution in [0.15, 0.2) is 0 Å². The molecule has 1 heterocycles. The van der Waals surface area contributed by atoms with Gasteiger partial charge in [-0.15, -0.1) is 0 Å². The van der Waals surface area contributed by atoms with Crippen molar-refractivity contribution in [2.75, 3.05) is 54.4 Å². The lowest BCUT2D eigenvalue weighted by Crippen LogP contribution is -2.29. The molecule has 0 spiro atoms. The minimum absolute atomic E-state index is 0.157. The van der Waals surface area contributed by atoms with Crippen molar-refractivity contribution in [3.05, 3.63) is 0 Å². The maximum atomic E-state index is 8.87. The third-order valence-corrected chi connectivity index (χ3v) is 3.32. The minimum Gasteiger partial charge on any atom is -0.396 e. The Hall–Kier alpha value is -1.63. The quantitative estimate of drug-likeness (QED) is 0.631. The highest BCUT2D eigenvalue weighted by Crippen LogP contribution is 2.16. The maximum Gasteiger partial charge on any atom is 0.231 e. The first kappa shape index (κ1) is 17.4. The summed E-state index contributed by atoms with van der Waals surface area (Å²) in [6, 6.07) is 0. The van der Waals surface area contributed by atoms with Crippen molar-refractivity contribution in [1.29, 1.82) is 0 Å². The Bertz CT molecular complexity index is 376. The van der Waals surface area contributed by atoms with Crippen molar-refractivity contribution >= 4 is 17.8 Å². The number of nitrogens with one attached hydrogen (secondary N) is 1. The standard InChI is InChI=1S/C14H28N6O/c1-5-19(6-2)13-16-12(15-10-9-11-21)17-14(18-13)20(7-3)8-4/h21H,5-11H2,1-4H3,(H,15,16,17,18). The number of rotatable bonds is 10. The summed E-state index contributed by atoms with van der Waals surface area (Å²) in [5.41, 5.74) is 0. The SMILES string of the molecule is CCN(CC)c1nc(NCCCO)nc(N(CC)CC)n1. The molecule has 7 heteroatoms. The Kier molecular flexibility index (Phi) is 7.74. The normalized spacial score (nSPS) is 10.5. The van der Waals surface area contributed by atoms with E-state index in [9.17, 15) is 0 Å². The zero-order chi connectivity index (χ0) is 15.7. The first-order chi connectivity index (χ1) is 10.2. The van der Waals surface area contributed by atoms with E-state index < -0.39 is 0 Å². The van der Waals surface area contributed by atoms with Gasteiger partial charge in [0.2, 0.25) is 17.8 Å². The van der Waals surface area contributed by atoms with E-state index in [0.29, 0.717) is 30.8 Å². The molecule has 0 fully saturated rings. The largest absolute Gasteiger partial charge is 0.396 e. The van der Waals surface area contributed by atoms with Gasteiger partial charge in [0, 0.05) is 39.3 Å². The predicted molar refractivity (Wildman–Crippen MR) is 87.1 cm³/mol. The van der Waals surface area contributed by atoms with Crippen molar-refractivity contribution in [1.82, 2.24) is 15.0 Å². The number of hydrogen-bond acceptors (Lipinski definition) is 7. The van der Waals surface area contributed by atoms with Crippen LogP contribution < -0.4 is 15.1 Å². The Balaban J connectivity index is 3.06. The third kappa shape index (κ3) is 5.00. The molecule has 7 nitrogen and oxygen atoms in total. The molecule has 0 saturated carbocycles. The van der Waals surface area contributed by atoms with E-state index in [1.807, 2.05) is 0 Å². The fourth-order valence-corrected chi connectivity index (χ4v) is 2.01. The second-order valence-electron chi connectivity index (χ2n) is 4.61. The number of aliphatic hydroxyl groups is 1. The van der Waals surface area contributed by atoms with E-state index in [-0.39, 0.29) is 6.61 Å². The summed E-state index contributed by atoms with van der Waals surface area (Å²) in [6.07, 6.45) is 0.674. The third-order valence-electron chi connectivity index (χ3n) is 3.32. The van der Waals surface area contributed by atoms with Gasteiger partial charge in [0.05, 0.1) is 0 Å². The molecule has 0 bridgehead atoms. The number of aliphatic hydroxyl groups excluding tert-OH is 1. The van der Waals surface area contributed by atoms with Gasteiger partial charge >= 0.3 is 0 Å². The van der Waals surface area contributed by atoms with Gasteiger partial charge in [-0.05, 0) is 34.1 Å². The van der Waals surface area contributed by atoms with E-state index in [1.165, 1.54) is 0 Å². The average molecular weight is 296 g/mol. The zero-order valence-corrected chi connectivity index (χ0v) is 13.6. The van der Waals surface area contributed by atoms with Crippen molar-refractivity contribution in [2.45, 2.75) is 34.1 Å². The van der Waals surface area contributed by atoms with Gasteiger partial charge in [0.25, 0.3) is 0 Å². The summed E-state index contributed by atoms with van der Waals surface area (Å²) >= 11 is 0. The van der Waals surface area contributed by atoms with Crippen LogP contribution in [0.2, 0.25) is 0 Å². The molecule has 0 radical (unpaired) electrons. The van der Waals surface area contributed by atoms with Crippen molar-refractivity contribution in [3.8, 4) is 0 Å². The lowest BCUT2D eigenvalue weighted by atomic mass is 10.4. The van der Waals surface area contributed by atoms with Crippen molar-refractivity contribution < 1.29 is 5.11 Å². The highest BCUT2D eigenvalue weighted by molar-refractivity contribution is 5.45. The monoisotopic (exact) mass is 296 g/mol. The molecule has 1 aromatic heterocycles. The van der Waals surface area contributed by atoms with Crippen LogP contribution in [0, 0.1) is 0 Å². The molecule has 0 atom stereocenters. The molecule has 0 aliphatic carbocycles. The first-order valence-electron chi connectivity index (χ1n) is 7.80. The van der Waals surface area contributed by atoms with Crippen LogP contribution >= 0.6 is 0 Å². The average Bonchev–Trinajstić information content (AvgIpc) is 2.50. The molecule has 21 heavy (non-hydrogen) atoms. The highest BCUT2D eigenvalue weighted by Gasteiger charge is 2.14. The van der Waals surface area contributed by atoms with E-state index in [1.54, 1.807) is 0 Å². The molecule has 0 aromatic carbocycles. The molecule has 1 rings (SSSR count). The second-order valence-corrected chi connectivity index (χ2v) is 4.61. The fourth-order valence-electron chi connectivity index (χ4n) is 2.01. The van der Waals surface area contributed by atoms with Gasteiger partial charge in [-0.1, -0.05) is 0 Å². The van der Waals surface area contributed by atoms with Gasteiger partial charge in [-0.2, -0.15) is 15.0 Å². The van der Waals surface area contributed by atoms with E-state index in [2.05, 4.69) is 57.8 Å². The van der Waals surface area contributed by atoms with Crippen molar-refractivity contribution in [2.24, 2.45) is 0 Å². The summed E-state index contributed by atoms with van der Waals surface area (Å²) < 4.78 is 0. The van der Waals surface area contributed by atoms with Gasteiger partial charge in [-0.25, -0.2) is 0 Å². The van der Waals surface area contributed by atoms with Gasteiger partial charge in [0.15, 0.2) is 0 Å². The summed E-state index contributed by atoms with van der Waals surface area (Å²) in [7, 11) is 0. The second kappa shape index (κ2) is 9.33. The predicted octanol–water partition coefficient (Wildman–Crippen LogP) is 1.36. The molecule has 0 amide bonds. The molecule has 1 aromatic rings. The van der Waals surface area contributed by atoms with Crippen LogP contribution in [0.4, 0.5) is 17.8 Å². The van der Waals surface area contributed by atoms with E-state index >= 15 is 0 Å². The highest BCUT2D eigenvalue weighted by atomic mass is 16.3. The zero-order valence-electron chi connectivity index (χ0n) is 13.6. The summed E-state index contributed by atoms with van der Waals surface area (Å²) in [6.45, 7) is 12.6. The lowest BCUT2D eigenvalue weighted by molar-refractivity contribution is 0.292. The van der Waals surface area contributed by atoms with Crippen LogP contribution in [-0.4, -0.2) is 59.4 Å². The lowest BCUT2D eigenvalue weighted by Gasteiger charge is -2.23.